The molecule has 21 heavy (non-hydrogen) atoms. The van der Waals surface area contributed by atoms with Gasteiger partial charge in [-0.3, -0.25) is 4.90 Å². The van der Waals surface area contributed by atoms with Crippen LogP contribution in [0.25, 0.3) is 0 Å². The van der Waals surface area contributed by atoms with Gasteiger partial charge in [0.25, 0.3) is 0 Å². The van der Waals surface area contributed by atoms with Crippen LogP contribution in [0, 0.1) is 0 Å². The van der Waals surface area contributed by atoms with Gasteiger partial charge in [-0.05, 0) is 44.0 Å². The first-order chi connectivity index (χ1) is 9.91. The molecular weight excluding hydrogens is 277 g/mol. The van der Waals surface area contributed by atoms with Crippen molar-refractivity contribution in [2.45, 2.75) is 44.9 Å². The average Bonchev–Trinajstić information content (AvgIpc) is 3.27. The fourth-order valence-corrected chi connectivity index (χ4v) is 2.57. The van der Waals surface area contributed by atoms with E-state index in [9.17, 15) is 13.2 Å². The molecule has 0 aliphatic heterocycles. The normalized spacial score (nSPS) is 17.2. The van der Waals surface area contributed by atoms with Gasteiger partial charge in [0.15, 0.2) is 0 Å². The second kappa shape index (κ2) is 6.79. The first kappa shape index (κ1) is 16.3. The summed E-state index contributed by atoms with van der Waals surface area (Å²) in [6, 6.07) is 6.20. The smallest absolute Gasteiger partial charge is 0.309 e. The van der Waals surface area contributed by atoms with Gasteiger partial charge in [-0.1, -0.05) is 19.1 Å². The van der Waals surface area contributed by atoms with E-state index in [1.165, 1.54) is 25.0 Å². The van der Waals surface area contributed by atoms with Crippen LogP contribution in [-0.4, -0.2) is 30.6 Å². The highest BCUT2D eigenvalue weighted by atomic mass is 19.4. The Morgan fingerprint density at radius 3 is 2.62 bits per heavy atom. The number of halogens is 3. The average molecular weight is 300 g/mol. The van der Waals surface area contributed by atoms with Crippen molar-refractivity contribution in [1.82, 2.24) is 10.2 Å². The predicted octanol–water partition coefficient (Wildman–Crippen LogP) is 3.84. The quantitative estimate of drug-likeness (QED) is 0.823. The van der Waals surface area contributed by atoms with E-state index >= 15 is 0 Å². The van der Waals surface area contributed by atoms with E-state index < -0.39 is 11.7 Å². The molecule has 1 aromatic carbocycles. The second-order valence-electron chi connectivity index (χ2n) is 5.66. The van der Waals surface area contributed by atoms with Crippen molar-refractivity contribution < 1.29 is 13.2 Å². The summed E-state index contributed by atoms with van der Waals surface area (Å²) in [6.07, 6.45) is -1.73. The lowest BCUT2D eigenvalue weighted by Gasteiger charge is -2.22. The molecule has 1 N–H and O–H groups in total. The van der Waals surface area contributed by atoms with E-state index in [0.717, 1.165) is 31.7 Å². The molecule has 0 spiro atoms. The Bertz CT molecular complexity index is 455. The molecule has 1 saturated carbocycles. The molecule has 1 unspecified atom stereocenters. The number of hydrogen-bond donors (Lipinski definition) is 1. The molecule has 5 heteroatoms. The molecule has 2 nitrogen and oxygen atoms in total. The van der Waals surface area contributed by atoms with Gasteiger partial charge in [0, 0.05) is 25.2 Å². The summed E-state index contributed by atoms with van der Waals surface area (Å²) in [5.74, 6) is 0. The van der Waals surface area contributed by atoms with E-state index in [2.05, 4.69) is 17.1 Å². The lowest BCUT2D eigenvalue weighted by atomic mass is 10.0. The summed E-state index contributed by atoms with van der Waals surface area (Å²) >= 11 is 0. The number of likely N-dealkylation sites (N-methyl/N-ethyl adjacent to an activating group) is 1. The number of rotatable bonds is 7. The minimum absolute atomic E-state index is 0.0785. The van der Waals surface area contributed by atoms with E-state index in [-0.39, 0.29) is 6.04 Å². The van der Waals surface area contributed by atoms with Crippen molar-refractivity contribution >= 4 is 0 Å². The SMILES string of the molecule is CCN(CCNC(C)c1cccc(C(F)(F)F)c1)C1CC1. The third-order valence-electron chi connectivity index (χ3n) is 4.03. The van der Waals surface area contributed by atoms with E-state index in [4.69, 9.17) is 0 Å². The fraction of sp³-hybridized carbons (Fsp3) is 0.625. The molecule has 1 fully saturated rings. The highest BCUT2D eigenvalue weighted by Gasteiger charge is 2.30. The van der Waals surface area contributed by atoms with Gasteiger partial charge in [0.1, 0.15) is 0 Å². The zero-order chi connectivity index (χ0) is 15.5. The number of alkyl halides is 3. The summed E-state index contributed by atoms with van der Waals surface area (Å²) in [4.78, 5) is 2.42. The fourth-order valence-electron chi connectivity index (χ4n) is 2.57. The molecule has 1 aliphatic carbocycles. The first-order valence-electron chi connectivity index (χ1n) is 7.56. The molecule has 0 bridgehead atoms. The lowest BCUT2D eigenvalue weighted by Crippen LogP contribution is -2.34. The largest absolute Gasteiger partial charge is 0.416 e. The third-order valence-corrected chi connectivity index (χ3v) is 4.03. The van der Waals surface area contributed by atoms with Gasteiger partial charge in [0.05, 0.1) is 5.56 Å². The Morgan fingerprint density at radius 2 is 2.05 bits per heavy atom. The van der Waals surface area contributed by atoms with Crippen molar-refractivity contribution in [3.05, 3.63) is 35.4 Å². The molecule has 0 radical (unpaired) electrons. The molecule has 0 amide bonds. The van der Waals surface area contributed by atoms with Crippen molar-refractivity contribution in [2.75, 3.05) is 19.6 Å². The summed E-state index contributed by atoms with van der Waals surface area (Å²) in [5, 5.41) is 3.32. The molecule has 118 valence electrons. The lowest BCUT2D eigenvalue weighted by molar-refractivity contribution is -0.137. The Morgan fingerprint density at radius 1 is 1.33 bits per heavy atom. The predicted molar refractivity (Wildman–Crippen MR) is 78.1 cm³/mol. The van der Waals surface area contributed by atoms with Crippen LogP contribution in [0.2, 0.25) is 0 Å². The molecule has 0 aromatic heterocycles. The van der Waals surface area contributed by atoms with Gasteiger partial charge in [-0.2, -0.15) is 13.2 Å². The van der Waals surface area contributed by atoms with Gasteiger partial charge in [-0.25, -0.2) is 0 Å². The van der Waals surface area contributed by atoms with E-state index in [0.29, 0.717) is 5.56 Å². The van der Waals surface area contributed by atoms with Crippen LogP contribution in [0.1, 0.15) is 43.9 Å². The molecule has 2 rings (SSSR count). The maximum absolute atomic E-state index is 12.7. The number of nitrogens with zero attached hydrogens (tertiary/aromatic N) is 1. The minimum atomic E-state index is -4.28. The zero-order valence-corrected chi connectivity index (χ0v) is 12.6. The standard InChI is InChI=1S/C16H23F3N2/c1-3-21(15-7-8-15)10-9-20-12(2)13-5-4-6-14(11-13)16(17,18)19/h4-6,11-12,15,20H,3,7-10H2,1-2H3. The minimum Gasteiger partial charge on any atom is -0.309 e. The van der Waals surface area contributed by atoms with Crippen LogP contribution >= 0.6 is 0 Å². The van der Waals surface area contributed by atoms with Gasteiger partial charge >= 0.3 is 6.18 Å². The van der Waals surface area contributed by atoms with Gasteiger partial charge in [-0.15, -0.1) is 0 Å². The maximum Gasteiger partial charge on any atom is 0.416 e. The highest BCUT2D eigenvalue weighted by Crippen LogP contribution is 2.30. The third kappa shape index (κ3) is 4.71. The zero-order valence-electron chi connectivity index (χ0n) is 12.6. The van der Waals surface area contributed by atoms with Gasteiger partial charge < -0.3 is 5.32 Å². The summed E-state index contributed by atoms with van der Waals surface area (Å²) < 4.78 is 38.1. The summed E-state index contributed by atoms with van der Waals surface area (Å²) in [6.45, 7) is 6.83. The monoisotopic (exact) mass is 300 g/mol. The Kier molecular flexibility index (Phi) is 5.27. The van der Waals surface area contributed by atoms with E-state index in [1.807, 2.05) is 6.92 Å². The summed E-state index contributed by atoms with van der Waals surface area (Å²) in [7, 11) is 0. The molecule has 1 aliphatic rings. The second-order valence-corrected chi connectivity index (χ2v) is 5.66. The molecule has 0 heterocycles. The van der Waals surface area contributed by atoms with Crippen LogP contribution in [0.5, 0.6) is 0 Å². The number of benzene rings is 1. The maximum atomic E-state index is 12.7. The van der Waals surface area contributed by atoms with E-state index in [1.54, 1.807) is 6.07 Å². The molecule has 1 atom stereocenters. The van der Waals surface area contributed by atoms with Crippen molar-refractivity contribution in [3.8, 4) is 0 Å². The summed E-state index contributed by atoms with van der Waals surface area (Å²) in [5.41, 5.74) is 0.0983. The van der Waals surface area contributed by atoms with Crippen LogP contribution in [-0.2, 0) is 6.18 Å². The van der Waals surface area contributed by atoms with Crippen LogP contribution in [0.15, 0.2) is 24.3 Å². The molecular formula is C16H23F3N2. The van der Waals surface area contributed by atoms with Crippen molar-refractivity contribution in [1.29, 1.82) is 0 Å². The van der Waals surface area contributed by atoms with Crippen molar-refractivity contribution in [3.63, 3.8) is 0 Å². The topological polar surface area (TPSA) is 15.3 Å². The Labute approximate surface area is 124 Å². The van der Waals surface area contributed by atoms with Crippen LogP contribution < -0.4 is 5.32 Å². The van der Waals surface area contributed by atoms with Crippen LogP contribution in [0.4, 0.5) is 13.2 Å². The van der Waals surface area contributed by atoms with Gasteiger partial charge in [0.2, 0.25) is 0 Å². The van der Waals surface area contributed by atoms with Crippen LogP contribution in [0.3, 0.4) is 0 Å². The number of nitrogens with one attached hydrogen (secondary N) is 1. The number of hydrogen-bond acceptors (Lipinski definition) is 2. The molecule has 1 aromatic rings. The van der Waals surface area contributed by atoms with Crippen molar-refractivity contribution in [2.24, 2.45) is 0 Å². The molecule has 0 saturated heterocycles. The Hall–Kier alpha value is -1.07. The Balaban J connectivity index is 1.86. The highest BCUT2D eigenvalue weighted by molar-refractivity contribution is 5.27. The first-order valence-corrected chi connectivity index (χ1v) is 7.56.